The van der Waals surface area contributed by atoms with Crippen LogP contribution in [-0.2, 0) is 0 Å². The molecule has 0 saturated carbocycles. The molecule has 1 saturated heterocycles. The zero-order chi connectivity index (χ0) is 15.3. The molecule has 0 aliphatic carbocycles. The van der Waals surface area contributed by atoms with Crippen LogP contribution in [0.2, 0.25) is 0 Å². The first kappa shape index (κ1) is 16.1. The van der Waals surface area contributed by atoms with Crippen LogP contribution in [0.1, 0.15) is 34.1 Å². The quantitative estimate of drug-likeness (QED) is 0.865. The summed E-state index contributed by atoms with van der Waals surface area (Å²) in [6, 6.07) is 0.411. The van der Waals surface area contributed by atoms with E-state index in [2.05, 4.69) is 45.9 Å². The Hall–Kier alpha value is -1.24. The summed E-state index contributed by atoms with van der Waals surface area (Å²) in [5.41, 5.74) is 0. The molecule has 1 aromatic heterocycles. The van der Waals surface area contributed by atoms with Crippen LogP contribution in [0.5, 0.6) is 6.01 Å². The maximum absolute atomic E-state index is 5.59. The van der Waals surface area contributed by atoms with Crippen molar-refractivity contribution < 1.29 is 4.74 Å². The van der Waals surface area contributed by atoms with Crippen molar-refractivity contribution >= 4 is 23.7 Å². The Kier molecular flexibility index (Phi) is 5.50. The fourth-order valence-corrected chi connectivity index (χ4v) is 3.28. The first-order valence-electron chi connectivity index (χ1n) is 7.55. The van der Waals surface area contributed by atoms with Crippen LogP contribution in [0.4, 0.5) is 11.9 Å². The Morgan fingerprint density at radius 3 is 2.76 bits per heavy atom. The minimum Gasteiger partial charge on any atom is -0.463 e. The van der Waals surface area contributed by atoms with E-state index in [0.717, 1.165) is 31.8 Å². The molecule has 0 unspecified atom stereocenters. The highest BCUT2D eigenvalue weighted by Gasteiger charge is 2.29. The van der Waals surface area contributed by atoms with Gasteiger partial charge in [0.05, 0.1) is 6.61 Å². The number of ether oxygens (including phenoxy) is 1. The number of rotatable bonds is 6. The van der Waals surface area contributed by atoms with Crippen molar-refractivity contribution in [2.45, 2.75) is 38.9 Å². The van der Waals surface area contributed by atoms with E-state index in [4.69, 9.17) is 4.74 Å². The largest absolute Gasteiger partial charge is 0.463 e. The SMILES string of the molecule is CCCOc1nc(NCC)nc(N2CCSC(C)(C)C2)n1. The number of hydrogen-bond acceptors (Lipinski definition) is 7. The van der Waals surface area contributed by atoms with Crippen LogP contribution in [0.15, 0.2) is 0 Å². The molecule has 1 aromatic rings. The van der Waals surface area contributed by atoms with Gasteiger partial charge in [-0.15, -0.1) is 0 Å². The van der Waals surface area contributed by atoms with Gasteiger partial charge in [-0.2, -0.15) is 26.7 Å². The van der Waals surface area contributed by atoms with Crippen molar-refractivity contribution in [2.75, 3.05) is 42.2 Å². The Balaban J connectivity index is 2.21. The molecule has 0 radical (unpaired) electrons. The second-order valence-electron chi connectivity index (χ2n) is 5.65. The van der Waals surface area contributed by atoms with Gasteiger partial charge in [0.15, 0.2) is 0 Å². The molecule has 1 N–H and O–H groups in total. The van der Waals surface area contributed by atoms with Crippen molar-refractivity contribution in [3.05, 3.63) is 0 Å². The lowest BCUT2D eigenvalue weighted by molar-refractivity contribution is 0.291. The van der Waals surface area contributed by atoms with E-state index in [1.807, 2.05) is 18.7 Å². The lowest BCUT2D eigenvalue weighted by atomic mass is 10.2. The third kappa shape index (κ3) is 4.62. The van der Waals surface area contributed by atoms with Crippen LogP contribution in [0.25, 0.3) is 0 Å². The summed E-state index contributed by atoms with van der Waals surface area (Å²) in [4.78, 5) is 15.5. The Morgan fingerprint density at radius 2 is 2.10 bits per heavy atom. The molecule has 1 aliphatic heterocycles. The van der Waals surface area contributed by atoms with Gasteiger partial charge in [0.25, 0.3) is 0 Å². The third-order valence-corrected chi connectivity index (χ3v) is 4.38. The average molecular weight is 311 g/mol. The first-order valence-corrected chi connectivity index (χ1v) is 8.54. The second kappa shape index (κ2) is 7.15. The molecule has 2 heterocycles. The van der Waals surface area contributed by atoms with Gasteiger partial charge >= 0.3 is 6.01 Å². The fourth-order valence-electron chi connectivity index (χ4n) is 2.17. The van der Waals surface area contributed by atoms with Gasteiger partial charge in [-0.05, 0) is 27.2 Å². The van der Waals surface area contributed by atoms with E-state index in [-0.39, 0.29) is 4.75 Å². The molecule has 0 bridgehead atoms. The van der Waals surface area contributed by atoms with Crippen LogP contribution < -0.4 is 15.0 Å². The van der Waals surface area contributed by atoms with Crippen molar-refractivity contribution in [2.24, 2.45) is 0 Å². The molecule has 1 fully saturated rings. The number of anilines is 2. The van der Waals surface area contributed by atoms with Gasteiger partial charge in [-0.1, -0.05) is 6.92 Å². The highest BCUT2D eigenvalue weighted by Crippen LogP contribution is 2.31. The molecule has 21 heavy (non-hydrogen) atoms. The maximum Gasteiger partial charge on any atom is 0.323 e. The number of thioether (sulfide) groups is 1. The normalized spacial score (nSPS) is 17.6. The van der Waals surface area contributed by atoms with Crippen molar-refractivity contribution in [3.63, 3.8) is 0 Å². The van der Waals surface area contributed by atoms with Crippen molar-refractivity contribution in [3.8, 4) is 6.01 Å². The smallest absolute Gasteiger partial charge is 0.323 e. The second-order valence-corrected chi connectivity index (χ2v) is 7.45. The van der Waals surface area contributed by atoms with Gasteiger partial charge in [-0.25, -0.2) is 0 Å². The Labute approximate surface area is 131 Å². The number of aromatic nitrogens is 3. The molecular formula is C14H25N5OS. The van der Waals surface area contributed by atoms with Gasteiger partial charge in [0.2, 0.25) is 11.9 Å². The summed E-state index contributed by atoms with van der Waals surface area (Å²) in [5, 5.41) is 3.15. The molecule has 1 aliphatic rings. The lowest BCUT2D eigenvalue weighted by Gasteiger charge is -2.37. The summed E-state index contributed by atoms with van der Waals surface area (Å²) in [6.45, 7) is 11.9. The average Bonchev–Trinajstić information content (AvgIpc) is 2.44. The minimum atomic E-state index is 0.216. The molecule has 6 nitrogen and oxygen atoms in total. The molecular weight excluding hydrogens is 286 g/mol. The summed E-state index contributed by atoms with van der Waals surface area (Å²) in [6.07, 6.45) is 0.935. The Morgan fingerprint density at radius 1 is 1.29 bits per heavy atom. The first-order chi connectivity index (χ1) is 10.0. The zero-order valence-electron chi connectivity index (χ0n) is 13.3. The summed E-state index contributed by atoms with van der Waals surface area (Å²) >= 11 is 1.99. The zero-order valence-corrected chi connectivity index (χ0v) is 14.2. The third-order valence-electron chi connectivity index (χ3n) is 3.08. The lowest BCUT2D eigenvalue weighted by Crippen LogP contribution is -2.44. The van der Waals surface area contributed by atoms with E-state index in [9.17, 15) is 0 Å². The van der Waals surface area contributed by atoms with Gasteiger partial charge in [0, 0.05) is 30.1 Å². The van der Waals surface area contributed by atoms with Crippen LogP contribution >= 0.6 is 11.8 Å². The minimum absolute atomic E-state index is 0.216. The Bertz CT molecular complexity index is 469. The molecule has 0 amide bonds. The molecule has 118 valence electrons. The van der Waals surface area contributed by atoms with Gasteiger partial charge in [-0.3, -0.25) is 0 Å². The van der Waals surface area contributed by atoms with Crippen molar-refractivity contribution in [1.82, 2.24) is 15.0 Å². The summed E-state index contributed by atoms with van der Waals surface area (Å²) < 4.78 is 5.81. The van der Waals surface area contributed by atoms with E-state index in [1.54, 1.807) is 0 Å². The number of hydrogen-bond donors (Lipinski definition) is 1. The molecule has 7 heteroatoms. The van der Waals surface area contributed by atoms with E-state index in [1.165, 1.54) is 0 Å². The maximum atomic E-state index is 5.59. The molecule has 0 spiro atoms. The van der Waals surface area contributed by atoms with Crippen LogP contribution in [0.3, 0.4) is 0 Å². The topological polar surface area (TPSA) is 63.2 Å². The standard InChI is InChI=1S/C14H25N5OS/c1-5-8-20-13-17-11(15-6-2)16-12(18-13)19-7-9-21-14(3,4)10-19/h5-10H2,1-4H3,(H,15,16,17,18). The molecule has 0 aromatic carbocycles. The predicted molar refractivity (Wildman–Crippen MR) is 88.5 cm³/mol. The van der Waals surface area contributed by atoms with Crippen LogP contribution in [0, 0.1) is 0 Å². The fraction of sp³-hybridized carbons (Fsp3) is 0.786. The van der Waals surface area contributed by atoms with Gasteiger partial charge < -0.3 is 15.0 Å². The predicted octanol–water partition coefficient (Wildman–Crippen LogP) is 2.42. The van der Waals surface area contributed by atoms with E-state index < -0.39 is 0 Å². The van der Waals surface area contributed by atoms with Crippen LogP contribution in [-0.4, -0.2) is 51.7 Å². The summed E-state index contributed by atoms with van der Waals surface area (Å²) in [5.74, 6) is 2.38. The highest BCUT2D eigenvalue weighted by molar-refractivity contribution is 8.00. The van der Waals surface area contributed by atoms with Crippen molar-refractivity contribution in [1.29, 1.82) is 0 Å². The molecule has 0 atom stereocenters. The van der Waals surface area contributed by atoms with E-state index >= 15 is 0 Å². The van der Waals surface area contributed by atoms with Gasteiger partial charge in [0.1, 0.15) is 0 Å². The number of nitrogens with one attached hydrogen (secondary N) is 1. The summed E-state index contributed by atoms with van der Waals surface area (Å²) in [7, 11) is 0. The highest BCUT2D eigenvalue weighted by atomic mass is 32.2. The monoisotopic (exact) mass is 311 g/mol. The van der Waals surface area contributed by atoms with E-state index in [0.29, 0.717) is 24.5 Å². The molecule has 2 rings (SSSR count). The number of nitrogens with zero attached hydrogens (tertiary/aromatic N) is 4.